The highest BCUT2D eigenvalue weighted by atomic mass is 16.4. The summed E-state index contributed by atoms with van der Waals surface area (Å²) in [6, 6.07) is -2.10. The number of carbonyl (C=O) groups excluding carboxylic acids is 1. The summed E-state index contributed by atoms with van der Waals surface area (Å²) in [5, 5.41) is 19.5. The summed E-state index contributed by atoms with van der Waals surface area (Å²) in [6.07, 6.45) is -0.999. The molecular formula is C7H14N2O4. The molecule has 1 unspecified atom stereocenters. The van der Waals surface area contributed by atoms with E-state index < -0.39 is 30.1 Å². The number of amides is 1. The molecule has 6 heteroatoms. The molecule has 0 aliphatic rings. The van der Waals surface area contributed by atoms with E-state index in [1.54, 1.807) is 0 Å². The SMILES string of the molecule is CC(NC(=O)[C@H](N)[C@H](C)O)C(=O)O. The second kappa shape index (κ2) is 4.78. The quantitative estimate of drug-likeness (QED) is 0.421. The van der Waals surface area contributed by atoms with Crippen LogP contribution < -0.4 is 11.1 Å². The number of carbonyl (C=O) groups is 2. The maximum absolute atomic E-state index is 11.0. The second-order valence-electron chi connectivity index (χ2n) is 2.83. The number of carboxylic acid groups (broad SMARTS) is 1. The molecule has 0 fully saturated rings. The van der Waals surface area contributed by atoms with E-state index in [0.717, 1.165) is 0 Å². The zero-order valence-corrected chi connectivity index (χ0v) is 7.52. The Kier molecular flexibility index (Phi) is 4.36. The number of aliphatic carboxylic acids is 1. The predicted molar refractivity (Wildman–Crippen MR) is 44.9 cm³/mol. The van der Waals surface area contributed by atoms with Crippen LogP contribution in [0.2, 0.25) is 0 Å². The van der Waals surface area contributed by atoms with Crippen molar-refractivity contribution < 1.29 is 19.8 Å². The van der Waals surface area contributed by atoms with Crippen molar-refractivity contribution in [3.05, 3.63) is 0 Å². The number of nitrogens with one attached hydrogen (secondary N) is 1. The number of rotatable bonds is 4. The fourth-order valence-corrected chi connectivity index (χ4v) is 0.590. The maximum Gasteiger partial charge on any atom is 0.325 e. The molecule has 0 aromatic carbocycles. The molecule has 5 N–H and O–H groups in total. The summed E-state index contributed by atoms with van der Waals surface area (Å²) in [5.74, 6) is -1.82. The first kappa shape index (κ1) is 11.9. The first-order valence-electron chi connectivity index (χ1n) is 3.83. The monoisotopic (exact) mass is 190 g/mol. The molecule has 0 heterocycles. The van der Waals surface area contributed by atoms with Crippen molar-refractivity contribution in [3.63, 3.8) is 0 Å². The molecule has 0 saturated carbocycles. The standard InChI is InChI=1S/C7H14N2O4/c1-3(7(12)13)9-6(11)5(8)4(2)10/h3-5,10H,8H2,1-2H3,(H,9,11)(H,12,13)/t3?,4-,5+/m0/s1. The summed E-state index contributed by atoms with van der Waals surface area (Å²) >= 11 is 0. The number of hydrogen-bond donors (Lipinski definition) is 4. The lowest BCUT2D eigenvalue weighted by atomic mass is 10.2. The normalized spacial score (nSPS) is 17.2. The predicted octanol–water partition coefficient (Wildman–Crippen LogP) is -1.72. The van der Waals surface area contributed by atoms with Gasteiger partial charge in [-0.2, -0.15) is 0 Å². The minimum Gasteiger partial charge on any atom is -0.480 e. The van der Waals surface area contributed by atoms with Crippen LogP contribution in [0, 0.1) is 0 Å². The van der Waals surface area contributed by atoms with E-state index in [0.29, 0.717) is 0 Å². The fourth-order valence-electron chi connectivity index (χ4n) is 0.590. The van der Waals surface area contributed by atoms with Crippen LogP contribution in [0.5, 0.6) is 0 Å². The van der Waals surface area contributed by atoms with Gasteiger partial charge in [-0.3, -0.25) is 9.59 Å². The average molecular weight is 190 g/mol. The van der Waals surface area contributed by atoms with Crippen molar-refractivity contribution in [1.82, 2.24) is 5.32 Å². The Balaban J connectivity index is 4.08. The lowest BCUT2D eigenvalue weighted by Crippen LogP contribution is -2.51. The number of carboxylic acids is 1. The lowest BCUT2D eigenvalue weighted by Gasteiger charge is -2.16. The number of aliphatic hydroxyl groups is 1. The summed E-state index contributed by atoms with van der Waals surface area (Å²) in [7, 11) is 0. The van der Waals surface area contributed by atoms with Gasteiger partial charge in [-0.05, 0) is 13.8 Å². The largest absolute Gasteiger partial charge is 0.480 e. The molecule has 13 heavy (non-hydrogen) atoms. The van der Waals surface area contributed by atoms with Crippen molar-refractivity contribution in [1.29, 1.82) is 0 Å². The summed E-state index contributed by atoms with van der Waals surface area (Å²) in [4.78, 5) is 21.3. The molecule has 6 nitrogen and oxygen atoms in total. The molecule has 0 saturated heterocycles. The highest BCUT2D eigenvalue weighted by Gasteiger charge is 2.22. The van der Waals surface area contributed by atoms with Crippen LogP contribution in [0.15, 0.2) is 0 Å². The van der Waals surface area contributed by atoms with Gasteiger partial charge in [-0.15, -0.1) is 0 Å². The highest BCUT2D eigenvalue weighted by molar-refractivity contribution is 5.86. The van der Waals surface area contributed by atoms with Crippen LogP contribution in [0.1, 0.15) is 13.8 Å². The van der Waals surface area contributed by atoms with Gasteiger partial charge in [-0.25, -0.2) is 0 Å². The minimum atomic E-state index is -1.15. The van der Waals surface area contributed by atoms with E-state index in [1.165, 1.54) is 13.8 Å². The molecule has 0 radical (unpaired) electrons. The lowest BCUT2D eigenvalue weighted by molar-refractivity contribution is -0.141. The molecule has 0 bridgehead atoms. The molecule has 0 aromatic heterocycles. The van der Waals surface area contributed by atoms with Gasteiger partial charge >= 0.3 is 5.97 Å². The van der Waals surface area contributed by atoms with Gasteiger partial charge in [0, 0.05) is 0 Å². The van der Waals surface area contributed by atoms with E-state index in [2.05, 4.69) is 5.32 Å². The summed E-state index contributed by atoms with van der Waals surface area (Å²) in [6.45, 7) is 2.67. The van der Waals surface area contributed by atoms with Gasteiger partial charge in [0.2, 0.25) is 5.91 Å². The molecule has 3 atom stereocenters. The van der Waals surface area contributed by atoms with E-state index in [4.69, 9.17) is 15.9 Å². The molecule has 0 aliphatic carbocycles. The van der Waals surface area contributed by atoms with Gasteiger partial charge in [0.05, 0.1) is 6.10 Å². The van der Waals surface area contributed by atoms with Crippen LogP contribution >= 0.6 is 0 Å². The van der Waals surface area contributed by atoms with E-state index in [-0.39, 0.29) is 0 Å². The maximum atomic E-state index is 11.0. The van der Waals surface area contributed by atoms with Gasteiger partial charge in [0.15, 0.2) is 0 Å². The smallest absolute Gasteiger partial charge is 0.325 e. The van der Waals surface area contributed by atoms with Crippen LogP contribution in [0.4, 0.5) is 0 Å². The van der Waals surface area contributed by atoms with Gasteiger partial charge in [-0.1, -0.05) is 0 Å². The third kappa shape index (κ3) is 3.86. The fraction of sp³-hybridized carbons (Fsp3) is 0.714. The van der Waals surface area contributed by atoms with E-state index in [1.807, 2.05) is 0 Å². The van der Waals surface area contributed by atoms with Crippen molar-refractivity contribution in [2.24, 2.45) is 5.73 Å². The van der Waals surface area contributed by atoms with Crippen molar-refractivity contribution in [2.45, 2.75) is 32.0 Å². The van der Waals surface area contributed by atoms with Crippen LogP contribution in [0.3, 0.4) is 0 Å². The van der Waals surface area contributed by atoms with Crippen molar-refractivity contribution in [3.8, 4) is 0 Å². The van der Waals surface area contributed by atoms with Crippen LogP contribution in [0.25, 0.3) is 0 Å². The van der Waals surface area contributed by atoms with Crippen LogP contribution in [-0.4, -0.2) is 40.3 Å². The summed E-state index contributed by atoms with van der Waals surface area (Å²) < 4.78 is 0. The van der Waals surface area contributed by atoms with Crippen molar-refractivity contribution >= 4 is 11.9 Å². The zero-order valence-electron chi connectivity index (χ0n) is 7.52. The molecule has 0 spiro atoms. The topological polar surface area (TPSA) is 113 Å². The zero-order chi connectivity index (χ0) is 10.6. The molecule has 0 aromatic rings. The Hall–Kier alpha value is -1.14. The van der Waals surface area contributed by atoms with Gasteiger partial charge in [0.25, 0.3) is 0 Å². The first-order chi connectivity index (χ1) is 5.86. The van der Waals surface area contributed by atoms with Gasteiger partial charge < -0.3 is 21.3 Å². The molecule has 0 aliphatic heterocycles. The van der Waals surface area contributed by atoms with Crippen molar-refractivity contribution in [2.75, 3.05) is 0 Å². The summed E-state index contributed by atoms with van der Waals surface area (Å²) in [5.41, 5.74) is 5.25. The Morgan fingerprint density at radius 1 is 1.38 bits per heavy atom. The first-order valence-corrected chi connectivity index (χ1v) is 3.83. The van der Waals surface area contributed by atoms with Crippen LogP contribution in [-0.2, 0) is 9.59 Å². The Bertz CT molecular complexity index is 205. The number of aliphatic hydroxyl groups excluding tert-OH is 1. The van der Waals surface area contributed by atoms with E-state index in [9.17, 15) is 9.59 Å². The average Bonchev–Trinajstić information content (AvgIpc) is 2.02. The Morgan fingerprint density at radius 2 is 1.85 bits per heavy atom. The number of hydrogen-bond acceptors (Lipinski definition) is 4. The Labute approximate surface area is 75.7 Å². The van der Waals surface area contributed by atoms with Gasteiger partial charge in [0.1, 0.15) is 12.1 Å². The molecule has 0 rings (SSSR count). The van der Waals surface area contributed by atoms with E-state index >= 15 is 0 Å². The molecular weight excluding hydrogens is 176 g/mol. The number of nitrogens with two attached hydrogens (primary N) is 1. The third-order valence-electron chi connectivity index (χ3n) is 1.55. The highest BCUT2D eigenvalue weighted by Crippen LogP contribution is 1.90. The minimum absolute atomic E-state index is 0.676. The second-order valence-corrected chi connectivity index (χ2v) is 2.83. The molecule has 76 valence electrons. The third-order valence-corrected chi connectivity index (χ3v) is 1.55. The Morgan fingerprint density at radius 3 is 2.15 bits per heavy atom. The molecule has 1 amide bonds.